The zero-order valence-corrected chi connectivity index (χ0v) is 14.0. The standard InChI is InChI=1S/C16H19N5O2S/c22-14-6-5-11(9-1-2-9)20-21(14)13-8-23-7-12(13)17-16-19-18-15(24-16)10-3-4-10/h5-6,9-10,12-13H,1-4,7-8H2,(H,17,19). The average molecular weight is 345 g/mol. The van der Waals surface area contributed by atoms with Crippen LogP contribution >= 0.6 is 11.3 Å². The molecule has 126 valence electrons. The molecule has 0 radical (unpaired) electrons. The molecular weight excluding hydrogens is 326 g/mol. The number of rotatable bonds is 5. The van der Waals surface area contributed by atoms with E-state index in [2.05, 4.69) is 20.6 Å². The SMILES string of the molecule is O=c1ccc(C2CC2)nn1C1COCC1Nc1nnc(C2CC2)s1. The second-order valence-electron chi connectivity index (χ2n) is 6.89. The lowest BCUT2D eigenvalue weighted by atomic mass is 10.2. The minimum atomic E-state index is -0.107. The molecule has 2 atom stereocenters. The maximum absolute atomic E-state index is 12.3. The van der Waals surface area contributed by atoms with Crippen LogP contribution in [0.3, 0.4) is 0 Å². The van der Waals surface area contributed by atoms with Crippen molar-refractivity contribution in [3.05, 3.63) is 33.2 Å². The molecule has 5 rings (SSSR count). The van der Waals surface area contributed by atoms with Gasteiger partial charge in [0.2, 0.25) is 5.13 Å². The van der Waals surface area contributed by atoms with Gasteiger partial charge in [0, 0.05) is 17.9 Å². The molecule has 7 nitrogen and oxygen atoms in total. The van der Waals surface area contributed by atoms with E-state index in [0.29, 0.717) is 25.0 Å². The molecule has 0 spiro atoms. The molecule has 2 unspecified atom stereocenters. The van der Waals surface area contributed by atoms with Crippen LogP contribution in [-0.2, 0) is 4.74 Å². The van der Waals surface area contributed by atoms with Crippen molar-refractivity contribution in [3.8, 4) is 0 Å². The number of nitrogens with one attached hydrogen (secondary N) is 1. The van der Waals surface area contributed by atoms with Gasteiger partial charge in [-0.15, -0.1) is 10.2 Å². The Labute approximate surface area is 143 Å². The Balaban J connectivity index is 1.38. The van der Waals surface area contributed by atoms with Crippen molar-refractivity contribution in [3.63, 3.8) is 0 Å². The molecule has 2 aromatic heterocycles. The minimum absolute atomic E-state index is 0.00958. The first-order valence-corrected chi connectivity index (χ1v) is 9.37. The van der Waals surface area contributed by atoms with Crippen molar-refractivity contribution < 1.29 is 4.74 Å². The van der Waals surface area contributed by atoms with E-state index in [4.69, 9.17) is 4.74 Å². The van der Waals surface area contributed by atoms with Gasteiger partial charge < -0.3 is 10.1 Å². The van der Waals surface area contributed by atoms with Crippen LogP contribution < -0.4 is 10.9 Å². The summed E-state index contributed by atoms with van der Waals surface area (Å²) in [5, 5.41) is 18.4. The molecule has 2 aliphatic carbocycles. The zero-order valence-electron chi connectivity index (χ0n) is 13.2. The van der Waals surface area contributed by atoms with Crippen molar-refractivity contribution in [2.24, 2.45) is 0 Å². The Bertz CT molecular complexity index is 811. The molecule has 3 aliphatic rings. The van der Waals surface area contributed by atoms with Gasteiger partial charge in [-0.05, 0) is 31.7 Å². The van der Waals surface area contributed by atoms with Crippen molar-refractivity contribution in [2.75, 3.05) is 18.5 Å². The highest BCUT2D eigenvalue weighted by Crippen LogP contribution is 2.42. The van der Waals surface area contributed by atoms with Crippen LogP contribution in [0.1, 0.15) is 54.3 Å². The highest BCUT2D eigenvalue weighted by atomic mass is 32.1. The third-order valence-electron chi connectivity index (χ3n) is 4.88. The predicted molar refractivity (Wildman–Crippen MR) is 89.6 cm³/mol. The Morgan fingerprint density at radius 1 is 1.12 bits per heavy atom. The van der Waals surface area contributed by atoms with Gasteiger partial charge in [0.05, 0.1) is 24.9 Å². The fourth-order valence-electron chi connectivity index (χ4n) is 3.14. The monoisotopic (exact) mass is 345 g/mol. The first-order chi connectivity index (χ1) is 11.8. The summed E-state index contributed by atoms with van der Waals surface area (Å²) in [6.07, 6.45) is 4.78. The third kappa shape index (κ3) is 2.73. The normalized spacial score (nSPS) is 26.7. The first kappa shape index (κ1) is 14.5. The number of aromatic nitrogens is 4. The maximum Gasteiger partial charge on any atom is 0.267 e. The lowest BCUT2D eigenvalue weighted by Gasteiger charge is -2.20. The highest BCUT2D eigenvalue weighted by Gasteiger charge is 2.34. The van der Waals surface area contributed by atoms with E-state index in [0.717, 1.165) is 15.8 Å². The fourth-order valence-corrected chi connectivity index (χ4v) is 4.12. The van der Waals surface area contributed by atoms with E-state index in [9.17, 15) is 4.79 Å². The number of hydrogen-bond donors (Lipinski definition) is 1. The molecule has 0 aromatic carbocycles. The minimum Gasteiger partial charge on any atom is -0.377 e. The summed E-state index contributed by atoms with van der Waals surface area (Å²) < 4.78 is 7.23. The van der Waals surface area contributed by atoms with E-state index in [1.54, 1.807) is 22.1 Å². The smallest absolute Gasteiger partial charge is 0.267 e. The van der Waals surface area contributed by atoms with Crippen LogP contribution in [0.2, 0.25) is 0 Å². The molecule has 2 aromatic rings. The van der Waals surface area contributed by atoms with Crippen LogP contribution in [-0.4, -0.2) is 39.2 Å². The van der Waals surface area contributed by atoms with Crippen molar-refractivity contribution in [1.82, 2.24) is 20.0 Å². The van der Waals surface area contributed by atoms with E-state index in [1.165, 1.54) is 25.7 Å². The Hall–Kier alpha value is -1.80. The predicted octanol–water partition coefficient (Wildman–Crippen LogP) is 1.90. The van der Waals surface area contributed by atoms with Gasteiger partial charge in [0.25, 0.3) is 5.56 Å². The van der Waals surface area contributed by atoms with Crippen LogP contribution in [0.15, 0.2) is 16.9 Å². The van der Waals surface area contributed by atoms with Gasteiger partial charge >= 0.3 is 0 Å². The van der Waals surface area contributed by atoms with Gasteiger partial charge in [-0.1, -0.05) is 11.3 Å². The summed E-state index contributed by atoms with van der Waals surface area (Å²) >= 11 is 1.61. The van der Waals surface area contributed by atoms with E-state index >= 15 is 0 Å². The Morgan fingerprint density at radius 2 is 1.96 bits per heavy atom. The van der Waals surface area contributed by atoms with Crippen molar-refractivity contribution >= 4 is 16.5 Å². The van der Waals surface area contributed by atoms with Gasteiger partial charge in [-0.3, -0.25) is 4.79 Å². The van der Waals surface area contributed by atoms with Crippen LogP contribution in [0, 0.1) is 0 Å². The lowest BCUT2D eigenvalue weighted by molar-refractivity contribution is 0.182. The average Bonchev–Trinajstić information content (AvgIpc) is 3.52. The van der Waals surface area contributed by atoms with E-state index < -0.39 is 0 Å². The molecule has 2 saturated carbocycles. The molecule has 1 saturated heterocycles. The van der Waals surface area contributed by atoms with E-state index in [1.807, 2.05) is 6.07 Å². The molecule has 1 N–H and O–H groups in total. The molecule has 1 aliphatic heterocycles. The second kappa shape index (κ2) is 5.63. The summed E-state index contributed by atoms with van der Waals surface area (Å²) in [5.41, 5.74) is 0.949. The number of ether oxygens (including phenoxy) is 1. The highest BCUT2D eigenvalue weighted by molar-refractivity contribution is 7.15. The number of hydrogen-bond acceptors (Lipinski definition) is 7. The zero-order chi connectivity index (χ0) is 16.1. The van der Waals surface area contributed by atoms with Gasteiger partial charge in [0.1, 0.15) is 11.0 Å². The fraction of sp³-hybridized carbons (Fsp3) is 0.625. The molecular formula is C16H19N5O2S. The quantitative estimate of drug-likeness (QED) is 0.891. The van der Waals surface area contributed by atoms with Gasteiger partial charge in [-0.25, -0.2) is 4.68 Å². The van der Waals surface area contributed by atoms with Crippen molar-refractivity contribution in [1.29, 1.82) is 0 Å². The maximum atomic E-state index is 12.3. The van der Waals surface area contributed by atoms with Crippen LogP contribution in [0.25, 0.3) is 0 Å². The molecule has 8 heteroatoms. The molecule has 3 fully saturated rings. The summed E-state index contributed by atoms with van der Waals surface area (Å²) in [5.74, 6) is 1.13. The second-order valence-corrected chi connectivity index (χ2v) is 7.90. The Kier molecular flexibility index (Phi) is 3.41. The van der Waals surface area contributed by atoms with Crippen molar-refractivity contribution in [2.45, 2.75) is 49.6 Å². The molecule has 24 heavy (non-hydrogen) atoms. The summed E-state index contributed by atoms with van der Waals surface area (Å²) in [4.78, 5) is 12.3. The topological polar surface area (TPSA) is 81.9 Å². The van der Waals surface area contributed by atoms with Gasteiger partial charge in [0.15, 0.2) is 0 Å². The van der Waals surface area contributed by atoms with Crippen LogP contribution in [0.5, 0.6) is 0 Å². The largest absolute Gasteiger partial charge is 0.377 e. The summed E-state index contributed by atoms with van der Waals surface area (Å²) in [6, 6.07) is 3.38. The first-order valence-electron chi connectivity index (χ1n) is 8.55. The van der Waals surface area contributed by atoms with E-state index in [-0.39, 0.29) is 17.6 Å². The van der Waals surface area contributed by atoms with Gasteiger partial charge in [-0.2, -0.15) is 5.10 Å². The van der Waals surface area contributed by atoms with Crippen LogP contribution in [0.4, 0.5) is 5.13 Å². The third-order valence-corrected chi connectivity index (χ3v) is 5.90. The summed E-state index contributed by atoms with van der Waals surface area (Å²) in [6.45, 7) is 1.04. The lowest BCUT2D eigenvalue weighted by Crippen LogP contribution is -2.37. The molecule has 0 bridgehead atoms. The molecule has 3 heterocycles. The Morgan fingerprint density at radius 3 is 2.75 bits per heavy atom. The molecule has 0 amide bonds. The summed E-state index contributed by atoms with van der Waals surface area (Å²) in [7, 11) is 0. The number of anilines is 1. The number of nitrogens with zero attached hydrogens (tertiary/aromatic N) is 4.